The Morgan fingerprint density at radius 1 is 0.353 bits per heavy atom. The Balaban J connectivity index is 1.73. The fraction of sp³-hybridized carbons (Fsp3) is 0. The number of hydrogen-bond acceptors (Lipinski definition) is 0. The first kappa shape index (κ1) is 23.2. The second-order valence-corrected chi connectivity index (χ2v) is 16.0. The molecule has 0 heterocycles. The maximum atomic E-state index is 2.32. The summed E-state index contributed by atoms with van der Waals surface area (Å²) in [7, 11) is -1.30. The summed E-state index contributed by atoms with van der Waals surface area (Å²) in [5.74, 6) is 0. The molecule has 0 nitrogen and oxygen atoms in total. The third-order valence-electron chi connectivity index (χ3n) is 5.39. The minimum absolute atomic E-state index is 0.218. The van der Waals surface area contributed by atoms with Gasteiger partial charge in [0.25, 0.3) is 0 Å². The van der Waals surface area contributed by atoms with Crippen molar-refractivity contribution < 1.29 is 0 Å². The summed E-state index contributed by atoms with van der Waals surface area (Å²) in [5.41, 5.74) is 0. The van der Waals surface area contributed by atoms with Crippen molar-refractivity contribution in [2.75, 3.05) is 0 Å². The molecule has 0 saturated heterocycles. The maximum absolute atomic E-state index is 2.32. The average molecular weight is 538 g/mol. The standard InChI is InChI=1S/C31H25P2Se/c1-6-16-26(17-7-1)32(27-18-8-2-9-19-27)31(34-30-24-14-5-15-25-30)33(28-20-10-3-11-21-28)29-22-12-4-13-23-29/h1-25H/q-1. The van der Waals surface area contributed by atoms with Crippen molar-refractivity contribution in [3.63, 3.8) is 0 Å². The summed E-state index contributed by atoms with van der Waals surface area (Å²) in [4.78, 5) is 0. The van der Waals surface area contributed by atoms with Crippen LogP contribution in [0.3, 0.4) is 0 Å². The Morgan fingerprint density at radius 3 is 0.912 bits per heavy atom. The molecule has 5 aromatic carbocycles. The summed E-state index contributed by atoms with van der Waals surface area (Å²) in [6.45, 7) is 0. The first-order valence-electron chi connectivity index (χ1n) is 11.3. The molecular formula is C31H25P2Se-. The van der Waals surface area contributed by atoms with Gasteiger partial charge in [0, 0.05) is 0 Å². The Kier molecular flexibility index (Phi) is 8.03. The third-order valence-corrected chi connectivity index (χ3v) is 15.3. The van der Waals surface area contributed by atoms with E-state index in [1.165, 1.54) is 25.7 Å². The second-order valence-electron chi connectivity index (χ2n) is 7.71. The molecule has 34 heavy (non-hydrogen) atoms. The molecule has 5 aromatic rings. The fourth-order valence-electron chi connectivity index (χ4n) is 3.83. The van der Waals surface area contributed by atoms with Crippen LogP contribution < -0.4 is 25.7 Å². The van der Waals surface area contributed by atoms with Crippen LogP contribution in [0.5, 0.6) is 0 Å². The molecule has 166 valence electrons. The van der Waals surface area contributed by atoms with Crippen molar-refractivity contribution in [2.45, 2.75) is 0 Å². The van der Waals surface area contributed by atoms with E-state index in [9.17, 15) is 0 Å². The second kappa shape index (κ2) is 11.7. The normalized spacial score (nSPS) is 11.3. The quantitative estimate of drug-likeness (QED) is 0.135. The van der Waals surface area contributed by atoms with Crippen molar-refractivity contribution >= 4 is 56.5 Å². The van der Waals surface area contributed by atoms with Crippen LogP contribution in [0.2, 0.25) is 0 Å². The molecule has 0 spiro atoms. The van der Waals surface area contributed by atoms with Gasteiger partial charge in [-0.05, 0) is 0 Å². The van der Waals surface area contributed by atoms with E-state index >= 15 is 0 Å². The van der Waals surface area contributed by atoms with Crippen LogP contribution in [0, 0.1) is 4.30 Å². The molecule has 3 heteroatoms. The summed E-state index contributed by atoms with van der Waals surface area (Å²) in [5, 5.41) is 5.71. The van der Waals surface area contributed by atoms with E-state index in [2.05, 4.69) is 152 Å². The Bertz CT molecular complexity index is 1100. The number of rotatable bonds is 8. The first-order chi connectivity index (χ1) is 16.9. The van der Waals surface area contributed by atoms with Crippen molar-refractivity contribution in [1.29, 1.82) is 0 Å². The summed E-state index contributed by atoms with van der Waals surface area (Å²) >= 11 is 0.218. The van der Waals surface area contributed by atoms with E-state index in [0.717, 1.165) is 0 Å². The van der Waals surface area contributed by atoms with Crippen LogP contribution >= 0.6 is 15.8 Å². The van der Waals surface area contributed by atoms with Crippen molar-refractivity contribution in [3.8, 4) is 0 Å². The predicted molar refractivity (Wildman–Crippen MR) is 153 cm³/mol. The van der Waals surface area contributed by atoms with Crippen LogP contribution in [0.4, 0.5) is 0 Å². The molecule has 0 aliphatic heterocycles. The molecule has 0 fully saturated rings. The predicted octanol–water partition coefficient (Wildman–Crippen LogP) is 5.73. The molecule has 0 aromatic heterocycles. The van der Waals surface area contributed by atoms with Gasteiger partial charge in [-0.1, -0.05) is 0 Å². The van der Waals surface area contributed by atoms with Gasteiger partial charge in [0.05, 0.1) is 0 Å². The molecule has 5 rings (SSSR count). The zero-order valence-corrected chi connectivity index (χ0v) is 22.2. The molecule has 0 aliphatic rings. The summed E-state index contributed by atoms with van der Waals surface area (Å²) in [6.07, 6.45) is 0. The van der Waals surface area contributed by atoms with E-state index in [1.54, 1.807) is 4.30 Å². The number of hydrogen-bond donors (Lipinski definition) is 0. The third kappa shape index (κ3) is 5.58. The minimum atomic E-state index is -0.651. The van der Waals surface area contributed by atoms with E-state index in [-0.39, 0.29) is 15.0 Å². The molecular weight excluding hydrogens is 513 g/mol. The number of benzene rings is 5. The zero-order valence-electron chi connectivity index (χ0n) is 18.7. The monoisotopic (exact) mass is 539 g/mol. The molecule has 0 atom stereocenters. The average Bonchev–Trinajstić information content (AvgIpc) is 2.92. The van der Waals surface area contributed by atoms with Crippen LogP contribution in [0.25, 0.3) is 0 Å². The molecule has 0 bridgehead atoms. The van der Waals surface area contributed by atoms with Gasteiger partial charge in [-0.3, -0.25) is 0 Å². The van der Waals surface area contributed by atoms with E-state index in [1.807, 2.05) is 0 Å². The van der Waals surface area contributed by atoms with E-state index in [0.29, 0.717) is 0 Å². The topological polar surface area (TPSA) is 0 Å². The van der Waals surface area contributed by atoms with Crippen molar-refractivity contribution in [1.82, 2.24) is 0 Å². The fourth-order valence-corrected chi connectivity index (χ4v) is 15.5. The van der Waals surface area contributed by atoms with Gasteiger partial charge >= 0.3 is 212 Å². The molecule has 0 N–H and O–H groups in total. The van der Waals surface area contributed by atoms with Gasteiger partial charge < -0.3 is 0 Å². The Morgan fingerprint density at radius 2 is 0.618 bits per heavy atom. The van der Waals surface area contributed by atoms with Crippen LogP contribution in [0.1, 0.15) is 0 Å². The molecule has 0 saturated carbocycles. The summed E-state index contributed by atoms with van der Waals surface area (Å²) < 4.78 is 3.11. The van der Waals surface area contributed by atoms with Gasteiger partial charge in [0.2, 0.25) is 0 Å². The Labute approximate surface area is 211 Å². The SMILES string of the molecule is c1ccc([Se][C-](P(c2ccccc2)c2ccccc2)P(c2ccccc2)c2ccccc2)cc1. The van der Waals surface area contributed by atoms with Gasteiger partial charge in [-0.25, -0.2) is 0 Å². The van der Waals surface area contributed by atoms with Crippen LogP contribution in [-0.2, 0) is 0 Å². The van der Waals surface area contributed by atoms with Crippen LogP contribution in [0.15, 0.2) is 152 Å². The zero-order chi connectivity index (χ0) is 23.0. The molecule has 0 unspecified atom stereocenters. The van der Waals surface area contributed by atoms with Crippen molar-refractivity contribution in [2.24, 2.45) is 0 Å². The first-order valence-corrected chi connectivity index (χ1v) is 15.7. The van der Waals surface area contributed by atoms with Crippen LogP contribution in [-0.4, -0.2) is 15.0 Å². The van der Waals surface area contributed by atoms with E-state index < -0.39 is 15.8 Å². The molecule has 0 aliphatic carbocycles. The van der Waals surface area contributed by atoms with Gasteiger partial charge in [-0.15, -0.1) is 0 Å². The van der Waals surface area contributed by atoms with Gasteiger partial charge in [-0.2, -0.15) is 0 Å². The molecule has 0 amide bonds. The summed E-state index contributed by atoms with van der Waals surface area (Å²) in [6, 6.07) is 55.7. The van der Waals surface area contributed by atoms with Crippen molar-refractivity contribution in [3.05, 3.63) is 156 Å². The Hall–Kier alpha value is -2.52. The van der Waals surface area contributed by atoms with Gasteiger partial charge in [0.15, 0.2) is 0 Å². The van der Waals surface area contributed by atoms with Gasteiger partial charge in [0.1, 0.15) is 0 Å². The van der Waals surface area contributed by atoms with E-state index in [4.69, 9.17) is 0 Å². The molecule has 0 radical (unpaired) electrons.